The van der Waals surface area contributed by atoms with Gasteiger partial charge in [0, 0.05) is 17.3 Å². The summed E-state index contributed by atoms with van der Waals surface area (Å²) in [4.78, 5) is 0. The maximum Gasteiger partial charge on any atom is 0.143 e. The molecule has 0 aliphatic heterocycles. The van der Waals surface area contributed by atoms with Crippen molar-refractivity contribution in [1.29, 1.82) is 0 Å². The van der Waals surface area contributed by atoms with Crippen LogP contribution >= 0.6 is 0 Å². The third-order valence-electron chi connectivity index (χ3n) is 3.45. The van der Waals surface area contributed by atoms with Gasteiger partial charge in [-0.15, -0.1) is 0 Å². The summed E-state index contributed by atoms with van der Waals surface area (Å²) in [7, 11) is 1.69. The number of rotatable bonds is 5. The predicted molar refractivity (Wildman–Crippen MR) is 84.8 cm³/mol. The van der Waals surface area contributed by atoms with Gasteiger partial charge in [-0.1, -0.05) is 12.1 Å². The van der Waals surface area contributed by atoms with Gasteiger partial charge in [-0.3, -0.25) is 0 Å². The summed E-state index contributed by atoms with van der Waals surface area (Å²) in [6.45, 7) is 1.35. The maximum atomic E-state index is 5.74. The molecule has 0 aliphatic carbocycles. The van der Waals surface area contributed by atoms with Crippen molar-refractivity contribution in [3.05, 3.63) is 54.7 Å². The number of hydrogen-bond acceptors (Lipinski definition) is 3. The number of hydrogen-bond donors (Lipinski definition) is 1. The topological polar surface area (TPSA) is 49.4 Å². The molecule has 0 saturated heterocycles. The molecule has 0 spiro atoms. The Morgan fingerprint density at radius 1 is 1.05 bits per heavy atom. The fourth-order valence-electron chi connectivity index (χ4n) is 2.40. The van der Waals surface area contributed by atoms with Crippen molar-refractivity contribution in [2.45, 2.75) is 6.54 Å². The van der Waals surface area contributed by atoms with Crippen LogP contribution in [0, 0.1) is 0 Å². The molecule has 1 aromatic heterocycles. The summed E-state index contributed by atoms with van der Waals surface area (Å²) in [6.07, 6.45) is 2.06. The average Bonchev–Trinajstić information content (AvgIpc) is 2.93. The van der Waals surface area contributed by atoms with Gasteiger partial charge in [-0.25, -0.2) is 0 Å². The van der Waals surface area contributed by atoms with Crippen LogP contribution in [0.25, 0.3) is 10.9 Å². The average molecular weight is 282 g/mol. The van der Waals surface area contributed by atoms with Crippen LogP contribution in [0.2, 0.25) is 0 Å². The van der Waals surface area contributed by atoms with Crippen molar-refractivity contribution in [1.82, 2.24) is 4.57 Å². The van der Waals surface area contributed by atoms with Gasteiger partial charge in [0.2, 0.25) is 0 Å². The molecule has 108 valence electrons. The van der Waals surface area contributed by atoms with Gasteiger partial charge < -0.3 is 19.8 Å². The Balaban J connectivity index is 1.72. The van der Waals surface area contributed by atoms with E-state index in [0.29, 0.717) is 6.61 Å². The van der Waals surface area contributed by atoms with E-state index in [1.165, 1.54) is 5.39 Å². The highest BCUT2D eigenvalue weighted by atomic mass is 16.5. The molecule has 2 aromatic carbocycles. The van der Waals surface area contributed by atoms with Crippen LogP contribution in [0.15, 0.2) is 54.7 Å². The minimum atomic E-state index is 0.589. The number of nitrogens with zero attached hydrogens (tertiary/aromatic N) is 1. The molecule has 3 rings (SSSR count). The van der Waals surface area contributed by atoms with E-state index in [-0.39, 0.29) is 0 Å². The lowest BCUT2D eigenvalue weighted by Gasteiger charge is -2.10. The fraction of sp³-hybridized carbons (Fsp3) is 0.176. The van der Waals surface area contributed by atoms with E-state index in [4.69, 9.17) is 15.2 Å². The Morgan fingerprint density at radius 3 is 2.62 bits per heavy atom. The van der Waals surface area contributed by atoms with Crippen LogP contribution in [0.1, 0.15) is 0 Å². The lowest BCUT2D eigenvalue weighted by Crippen LogP contribution is -2.07. The highest BCUT2D eigenvalue weighted by Gasteiger charge is 2.06. The predicted octanol–water partition coefficient (Wildman–Crippen LogP) is 3.31. The molecule has 4 heteroatoms. The number of nitrogens with two attached hydrogens (primary N) is 1. The molecule has 1 heterocycles. The Bertz CT molecular complexity index is 732. The van der Waals surface area contributed by atoms with Crippen LogP contribution in [0.5, 0.6) is 11.5 Å². The first-order valence-electron chi connectivity index (χ1n) is 6.88. The van der Waals surface area contributed by atoms with Gasteiger partial charge in [0.1, 0.15) is 18.1 Å². The molecule has 0 fully saturated rings. The molecule has 0 saturated carbocycles. The Morgan fingerprint density at radius 2 is 1.86 bits per heavy atom. The minimum Gasteiger partial charge on any atom is -0.495 e. The molecule has 0 unspecified atom stereocenters. The SMILES string of the molecule is COc1cccc2ccn(CCOc3ccc(N)cc3)c12. The Kier molecular flexibility index (Phi) is 3.69. The first kappa shape index (κ1) is 13.4. The number of fused-ring (bicyclic) bond motifs is 1. The molecule has 2 N–H and O–H groups in total. The molecule has 4 nitrogen and oxygen atoms in total. The Hall–Kier alpha value is -2.62. The van der Waals surface area contributed by atoms with E-state index in [1.54, 1.807) is 7.11 Å². The summed E-state index contributed by atoms with van der Waals surface area (Å²) >= 11 is 0. The number of ether oxygens (including phenoxy) is 2. The molecular weight excluding hydrogens is 264 g/mol. The van der Waals surface area contributed by atoms with Crippen molar-refractivity contribution >= 4 is 16.6 Å². The maximum absolute atomic E-state index is 5.74. The van der Waals surface area contributed by atoms with E-state index in [9.17, 15) is 0 Å². The van der Waals surface area contributed by atoms with Crippen LogP contribution in [0.3, 0.4) is 0 Å². The van der Waals surface area contributed by atoms with Gasteiger partial charge in [0.15, 0.2) is 0 Å². The monoisotopic (exact) mass is 282 g/mol. The largest absolute Gasteiger partial charge is 0.495 e. The zero-order valence-electron chi connectivity index (χ0n) is 12.0. The van der Waals surface area contributed by atoms with Crippen LogP contribution in [0.4, 0.5) is 5.69 Å². The quantitative estimate of drug-likeness (QED) is 0.730. The molecule has 0 atom stereocenters. The van der Waals surface area contributed by atoms with E-state index in [1.807, 2.05) is 36.4 Å². The van der Waals surface area contributed by atoms with Crippen molar-refractivity contribution in [3.8, 4) is 11.5 Å². The second-order valence-electron chi connectivity index (χ2n) is 4.82. The number of aromatic nitrogens is 1. The lowest BCUT2D eigenvalue weighted by molar-refractivity contribution is 0.300. The number of methoxy groups -OCH3 is 1. The van der Waals surface area contributed by atoms with Crippen LogP contribution in [-0.2, 0) is 6.54 Å². The lowest BCUT2D eigenvalue weighted by atomic mass is 10.2. The van der Waals surface area contributed by atoms with Gasteiger partial charge >= 0.3 is 0 Å². The third-order valence-corrected chi connectivity index (χ3v) is 3.45. The van der Waals surface area contributed by atoms with E-state index < -0.39 is 0 Å². The van der Waals surface area contributed by atoms with E-state index >= 15 is 0 Å². The number of benzene rings is 2. The van der Waals surface area contributed by atoms with Crippen molar-refractivity contribution in [3.63, 3.8) is 0 Å². The normalized spacial score (nSPS) is 10.7. The van der Waals surface area contributed by atoms with Gasteiger partial charge in [0.25, 0.3) is 0 Å². The van der Waals surface area contributed by atoms with E-state index in [2.05, 4.69) is 22.9 Å². The molecule has 0 amide bonds. The highest BCUT2D eigenvalue weighted by Crippen LogP contribution is 2.26. The highest BCUT2D eigenvalue weighted by molar-refractivity contribution is 5.85. The van der Waals surface area contributed by atoms with Crippen molar-refractivity contribution < 1.29 is 9.47 Å². The first-order chi connectivity index (χ1) is 10.3. The second kappa shape index (κ2) is 5.79. The summed E-state index contributed by atoms with van der Waals surface area (Å²) in [5.41, 5.74) is 7.49. The first-order valence-corrected chi connectivity index (χ1v) is 6.88. The van der Waals surface area contributed by atoms with Crippen molar-refractivity contribution in [2.24, 2.45) is 0 Å². The van der Waals surface area contributed by atoms with Gasteiger partial charge in [0.05, 0.1) is 19.2 Å². The van der Waals surface area contributed by atoms with Gasteiger partial charge in [-0.05, 0) is 36.4 Å². The second-order valence-corrected chi connectivity index (χ2v) is 4.82. The zero-order valence-corrected chi connectivity index (χ0v) is 12.0. The molecule has 0 bridgehead atoms. The number of para-hydroxylation sites is 1. The molecule has 0 radical (unpaired) electrons. The number of anilines is 1. The van der Waals surface area contributed by atoms with Crippen molar-refractivity contribution in [2.75, 3.05) is 19.5 Å². The molecule has 0 aliphatic rings. The minimum absolute atomic E-state index is 0.589. The standard InChI is InChI=1S/C17H18N2O2/c1-20-16-4-2-3-13-9-10-19(17(13)16)11-12-21-15-7-5-14(18)6-8-15/h2-10H,11-12,18H2,1H3. The smallest absolute Gasteiger partial charge is 0.143 e. The summed E-state index contributed by atoms with van der Waals surface area (Å²) in [5, 5.41) is 1.17. The van der Waals surface area contributed by atoms with Gasteiger partial charge in [-0.2, -0.15) is 0 Å². The van der Waals surface area contributed by atoms with Crippen LogP contribution < -0.4 is 15.2 Å². The van der Waals surface area contributed by atoms with E-state index in [0.717, 1.165) is 29.2 Å². The molecule has 3 aromatic rings. The third kappa shape index (κ3) is 2.79. The molecule has 21 heavy (non-hydrogen) atoms. The zero-order chi connectivity index (χ0) is 14.7. The number of nitrogen functional groups attached to an aromatic ring is 1. The van der Waals surface area contributed by atoms with Crippen LogP contribution in [-0.4, -0.2) is 18.3 Å². The molecular formula is C17H18N2O2. The summed E-state index contributed by atoms with van der Waals surface area (Å²) in [5.74, 6) is 1.71. The summed E-state index contributed by atoms with van der Waals surface area (Å²) in [6, 6.07) is 15.6. The summed E-state index contributed by atoms with van der Waals surface area (Å²) < 4.78 is 13.3. The fourth-order valence-corrected chi connectivity index (χ4v) is 2.40. The Labute approximate surface area is 123 Å².